The molecule has 1 amide bonds. The van der Waals surface area contributed by atoms with Gasteiger partial charge in [0.05, 0.1) is 11.6 Å². The van der Waals surface area contributed by atoms with Crippen LogP contribution in [0.3, 0.4) is 0 Å². The van der Waals surface area contributed by atoms with Gasteiger partial charge in [-0.3, -0.25) is 4.79 Å². The van der Waals surface area contributed by atoms with E-state index in [1.807, 2.05) is 0 Å². The monoisotopic (exact) mass is 270 g/mol. The summed E-state index contributed by atoms with van der Waals surface area (Å²) in [5.41, 5.74) is 10.6. The maximum atomic E-state index is 11.1. The molecule has 0 heterocycles. The zero-order valence-electron chi connectivity index (χ0n) is 12.7. The first kappa shape index (κ1) is 16.4. The largest absolute Gasteiger partial charge is 0.378 e. The summed E-state index contributed by atoms with van der Waals surface area (Å²) in [4.78, 5) is 11.1. The highest BCUT2D eigenvalue weighted by atomic mass is 16.5. The van der Waals surface area contributed by atoms with Crippen molar-refractivity contribution in [3.63, 3.8) is 0 Å². The second-order valence-electron chi connectivity index (χ2n) is 6.97. The zero-order chi connectivity index (χ0) is 14.5. The second kappa shape index (κ2) is 6.71. The summed E-state index contributed by atoms with van der Waals surface area (Å²) >= 11 is 0. The van der Waals surface area contributed by atoms with E-state index in [0.717, 1.165) is 19.4 Å². The van der Waals surface area contributed by atoms with Gasteiger partial charge in [-0.05, 0) is 57.3 Å². The van der Waals surface area contributed by atoms with Crippen LogP contribution in [0.4, 0.5) is 0 Å². The summed E-state index contributed by atoms with van der Waals surface area (Å²) in [6.45, 7) is 7.11. The lowest BCUT2D eigenvalue weighted by atomic mass is 9.76. The number of unbranched alkanes of at least 4 members (excludes halogenated alkanes) is 1. The second-order valence-corrected chi connectivity index (χ2v) is 6.97. The minimum atomic E-state index is -0.880. The van der Waals surface area contributed by atoms with E-state index in [4.69, 9.17) is 16.2 Å². The van der Waals surface area contributed by atoms with Crippen LogP contribution < -0.4 is 11.5 Å². The lowest BCUT2D eigenvalue weighted by Gasteiger charge is -2.34. The molecular formula is C15H30N2O2. The van der Waals surface area contributed by atoms with Crippen LogP contribution in [0.15, 0.2) is 0 Å². The standard InChI is InChI=1S/C15H30N2O2/c1-14(2)9-6-12(7-10-14)19-11-5-4-8-15(3,17)13(16)18/h12H,4-11,17H2,1-3H3,(H2,16,18). The fourth-order valence-corrected chi connectivity index (χ4v) is 2.51. The van der Waals surface area contributed by atoms with Crippen LogP contribution in [-0.2, 0) is 9.53 Å². The van der Waals surface area contributed by atoms with Crippen molar-refractivity contribution >= 4 is 5.91 Å². The van der Waals surface area contributed by atoms with Gasteiger partial charge in [0.15, 0.2) is 0 Å². The third kappa shape index (κ3) is 5.91. The van der Waals surface area contributed by atoms with Crippen LogP contribution >= 0.6 is 0 Å². The van der Waals surface area contributed by atoms with Gasteiger partial charge in [-0.1, -0.05) is 13.8 Å². The highest BCUT2D eigenvalue weighted by Crippen LogP contribution is 2.36. The van der Waals surface area contributed by atoms with Crippen molar-refractivity contribution in [2.75, 3.05) is 6.61 Å². The predicted molar refractivity (Wildman–Crippen MR) is 77.6 cm³/mol. The third-order valence-corrected chi connectivity index (χ3v) is 4.29. The Balaban J connectivity index is 2.08. The highest BCUT2D eigenvalue weighted by molar-refractivity contribution is 5.83. The molecule has 0 aromatic carbocycles. The normalized spacial score (nSPS) is 22.9. The molecule has 1 aliphatic carbocycles. The van der Waals surface area contributed by atoms with Gasteiger partial charge in [-0.15, -0.1) is 0 Å². The summed E-state index contributed by atoms with van der Waals surface area (Å²) in [7, 11) is 0. The molecule has 1 unspecified atom stereocenters. The number of amides is 1. The van der Waals surface area contributed by atoms with E-state index in [9.17, 15) is 4.79 Å². The Morgan fingerprint density at radius 3 is 2.42 bits per heavy atom. The zero-order valence-corrected chi connectivity index (χ0v) is 12.7. The van der Waals surface area contributed by atoms with E-state index in [0.29, 0.717) is 17.9 Å². The Kier molecular flexibility index (Phi) is 5.81. The molecule has 1 rings (SSSR count). The molecule has 0 saturated heterocycles. The summed E-state index contributed by atoms with van der Waals surface area (Å²) in [6, 6.07) is 0. The van der Waals surface area contributed by atoms with Gasteiger partial charge in [0.25, 0.3) is 0 Å². The number of hydrogen-bond donors (Lipinski definition) is 2. The average molecular weight is 270 g/mol. The van der Waals surface area contributed by atoms with E-state index in [1.165, 1.54) is 25.7 Å². The van der Waals surface area contributed by atoms with Crippen molar-refractivity contribution in [3.05, 3.63) is 0 Å². The summed E-state index contributed by atoms with van der Waals surface area (Å²) in [6.07, 6.45) is 7.72. The topological polar surface area (TPSA) is 78.3 Å². The molecule has 4 nitrogen and oxygen atoms in total. The number of hydrogen-bond acceptors (Lipinski definition) is 3. The Morgan fingerprint density at radius 2 is 1.89 bits per heavy atom. The van der Waals surface area contributed by atoms with Gasteiger partial charge in [0, 0.05) is 6.61 Å². The molecule has 0 aromatic heterocycles. The van der Waals surface area contributed by atoms with Gasteiger partial charge >= 0.3 is 0 Å². The van der Waals surface area contributed by atoms with E-state index in [1.54, 1.807) is 6.92 Å². The van der Waals surface area contributed by atoms with Crippen molar-refractivity contribution < 1.29 is 9.53 Å². The van der Waals surface area contributed by atoms with E-state index >= 15 is 0 Å². The molecule has 1 atom stereocenters. The minimum Gasteiger partial charge on any atom is -0.378 e. The summed E-state index contributed by atoms with van der Waals surface area (Å²) < 4.78 is 5.89. The van der Waals surface area contributed by atoms with E-state index in [-0.39, 0.29) is 0 Å². The lowest BCUT2D eigenvalue weighted by Crippen LogP contribution is -2.49. The number of nitrogens with two attached hydrogens (primary N) is 2. The smallest absolute Gasteiger partial charge is 0.237 e. The van der Waals surface area contributed by atoms with E-state index < -0.39 is 11.4 Å². The highest BCUT2D eigenvalue weighted by Gasteiger charge is 2.27. The van der Waals surface area contributed by atoms with Gasteiger partial charge in [0.1, 0.15) is 0 Å². The molecule has 0 radical (unpaired) electrons. The Bertz CT molecular complexity index is 291. The molecule has 112 valence electrons. The van der Waals surface area contributed by atoms with Gasteiger partial charge in [-0.2, -0.15) is 0 Å². The SMILES string of the molecule is CC1(C)CCC(OCCCCC(C)(N)C(N)=O)CC1. The van der Waals surface area contributed by atoms with Crippen LogP contribution in [0.25, 0.3) is 0 Å². The fraction of sp³-hybridized carbons (Fsp3) is 0.933. The number of carbonyl (C=O) groups is 1. The molecule has 1 saturated carbocycles. The van der Waals surface area contributed by atoms with Crippen LogP contribution in [0.5, 0.6) is 0 Å². The lowest BCUT2D eigenvalue weighted by molar-refractivity contribution is -0.122. The van der Waals surface area contributed by atoms with Gasteiger partial charge in [-0.25, -0.2) is 0 Å². The molecule has 1 aliphatic rings. The molecule has 4 heteroatoms. The average Bonchev–Trinajstić information content (AvgIpc) is 2.30. The van der Waals surface area contributed by atoms with Crippen LogP contribution in [0.1, 0.15) is 65.7 Å². The molecular weight excluding hydrogens is 240 g/mol. The number of primary amides is 1. The summed E-state index contributed by atoms with van der Waals surface area (Å²) in [5, 5.41) is 0. The quantitative estimate of drug-likeness (QED) is 0.697. The first-order chi connectivity index (χ1) is 8.73. The van der Waals surface area contributed by atoms with Crippen molar-refractivity contribution in [1.29, 1.82) is 0 Å². The molecule has 1 fully saturated rings. The van der Waals surface area contributed by atoms with Crippen molar-refractivity contribution in [3.8, 4) is 0 Å². The number of carbonyl (C=O) groups excluding carboxylic acids is 1. The van der Waals surface area contributed by atoms with Crippen molar-refractivity contribution in [2.45, 2.75) is 77.4 Å². The molecule has 0 aromatic rings. The van der Waals surface area contributed by atoms with Crippen LogP contribution in [0.2, 0.25) is 0 Å². The van der Waals surface area contributed by atoms with Crippen molar-refractivity contribution in [1.82, 2.24) is 0 Å². The van der Waals surface area contributed by atoms with E-state index in [2.05, 4.69) is 13.8 Å². The van der Waals surface area contributed by atoms with Crippen molar-refractivity contribution in [2.24, 2.45) is 16.9 Å². The Morgan fingerprint density at radius 1 is 1.32 bits per heavy atom. The summed E-state index contributed by atoms with van der Waals surface area (Å²) in [5.74, 6) is -0.428. The predicted octanol–water partition coefficient (Wildman–Crippen LogP) is 2.34. The maximum absolute atomic E-state index is 11.1. The minimum absolute atomic E-state index is 0.424. The Labute approximate surface area is 117 Å². The maximum Gasteiger partial charge on any atom is 0.237 e. The molecule has 19 heavy (non-hydrogen) atoms. The Hall–Kier alpha value is -0.610. The number of ether oxygens (including phenoxy) is 1. The third-order valence-electron chi connectivity index (χ3n) is 4.29. The molecule has 4 N–H and O–H groups in total. The van der Waals surface area contributed by atoms with Crippen LogP contribution in [0, 0.1) is 5.41 Å². The van der Waals surface area contributed by atoms with Gasteiger partial charge < -0.3 is 16.2 Å². The van der Waals surface area contributed by atoms with Crippen LogP contribution in [-0.4, -0.2) is 24.2 Å². The fourth-order valence-electron chi connectivity index (χ4n) is 2.51. The first-order valence-electron chi connectivity index (χ1n) is 7.43. The van der Waals surface area contributed by atoms with Gasteiger partial charge in [0.2, 0.25) is 5.91 Å². The first-order valence-corrected chi connectivity index (χ1v) is 7.43. The number of rotatable bonds is 7. The molecule has 0 spiro atoms. The molecule has 0 aliphatic heterocycles. The molecule has 0 bridgehead atoms.